The lowest BCUT2D eigenvalue weighted by Crippen LogP contribution is -2.13. The van der Waals surface area contributed by atoms with E-state index in [4.69, 9.17) is 9.47 Å². The van der Waals surface area contributed by atoms with E-state index in [0.29, 0.717) is 28.2 Å². The molecule has 0 aliphatic heterocycles. The van der Waals surface area contributed by atoms with E-state index in [2.05, 4.69) is 17.1 Å². The molecule has 0 atom stereocenters. The van der Waals surface area contributed by atoms with Crippen LogP contribution < -0.4 is 9.47 Å². The summed E-state index contributed by atoms with van der Waals surface area (Å²) in [6.45, 7) is 7.52. The maximum Gasteiger partial charge on any atom is 0.180 e. The van der Waals surface area contributed by atoms with Crippen molar-refractivity contribution in [2.24, 2.45) is 0 Å². The number of aromatic nitrogens is 1. The highest BCUT2D eigenvalue weighted by atomic mass is 16.5. The number of nitrogens with zero attached hydrogens (tertiary/aromatic N) is 3. The predicted octanol–water partition coefficient (Wildman–Crippen LogP) is 4.07. The lowest BCUT2D eigenvalue weighted by Gasteiger charge is -2.20. The first-order valence-electron chi connectivity index (χ1n) is 7.72. The maximum absolute atomic E-state index is 9.74. The summed E-state index contributed by atoms with van der Waals surface area (Å²) in [5.74, 6) is 0.762. The van der Waals surface area contributed by atoms with Crippen molar-refractivity contribution in [1.82, 2.24) is 4.98 Å². The summed E-state index contributed by atoms with van der Waals surface area (Å²) in [5.41, 5.74) is 1.84. The Labute approximate surface area is 142 Å². The molecular weight excluding hydrogens is 302 g/mol. The van der Waals surface area contributed by atoms with Crippen LogP contribution in [-0.4, -0.2) is 17.2 Å². The molecule has 0 spiro atoms. The fourth-order valence-corrected chi connectivity index (χ4v) is 2.34. The molecule has 0 N–H and O–H groups in total. The first kappa shape index (κ1) is 17.3. The van der Waals surface area contributed by atoms with Crippen molar-refractivity contribution >= 4 is 0 Å². The van der Waals surface area contributed by atoms with Crippen molar-refractivity contribution in [1.29, 1.82) is 10.5 Å². The minimum Gasteiger partial charge on any atom is -0.487 e. The Bertz CT molecular complexity index is 800. The Balaban J connectivity index is 2.80. The van der Waals surface area contributed by atoms with Gasteiger partial charge in [0.05, 0.1) is 23.8 Å². The second kappa shape index (κ2) is 7.48. The minimum absolute atomic E-state index is 0.109. The van der Waals surface area contributed by atoms with Crippen molar-refractivity contribution in [2.45, 2.75) is 39.9 Å². The number of hydrogen-bond acceptors (Lipinski definition) is 5. The fourth-order valence-electron chi connectivity index (χ4n) is 2.34. The third-order valence-corrected chi connectivity index (χ3v) is 3.14. The fraction of sp³-hybridized carbons (Fsp3) is 0.316. The number of rotatable bonds is 5. The van der Waals surface area contributed by atoms with Gasteiger partial charge in [-0.25, -0.2) is 0 Å². The molecule has 1 heterocycles. The second-order valence-corrected chi connectivity index (χ2v) is 5.80. The molecule has 5 nitrogen and oxygen atoms in total. The quantitative estimate of drug-likeness (QED) is 0.829. The SMILES string of the molecule is CC(C)Oc1cc(C#N)c(-c2cccnc2)c(C#N)c1OC(C)C. The van der Waals surface area contributed by atoms with Crippen molar-refractivity contribution in [3.05, 3.63) is 41.7 Å². The average molecular weight is 321 g/mol. The van der Waals surface area contributed by atoms with Crippen LogP contribution in [0.5, 0.6) is 11.5 Å². The highest BCUT2D eigenvalue weighted by Gasteiger charge is 2.23. The third kappa shape index (κ3) is 3.64. The molecule has 0 bridgehead atoms. The normalized spacial score (nSPS) is 10.3. The van der Waals surface area contributed by atoms with Gasteiger partial charge in [-0.3, -0.25) is 4.98 Å². The molecule has 0 aliphatic carbocycles. The smallest absolute Gasteiger partial charge is 0.180 e. The van der Waals surface area contributed by atoms with Crippen molar-refractivity contribution in [3.63, 3.8) is 0 Å². The number of ether oxygens (including phenoxy) is 2. The van der Waals surface area contributed by atoms with E-state index in [1.807, 2.05) is 33.8 Å². The Morgan fingerprint density at radius 1 is 1.04 bits per heavy atom. The van der Waals surface area contributed by atoms with Crippen LogP contribution >= 0.6 is 0 Å². The van der Waals surface area contributed by atoms with Crippen molar-refractivity contribution < 1.29 is 9.47 Å². The first-order valence-corrected chi connectivity index (χ1v) is 7.72. The van der Waals surface area contributed by atoms with Crippen molar-refractivity contribution in [2.75, 3.05) is 0 Å². The van der Waals surface area contributed by atoms with Gasteiger partial charge < -0.3 is 9.47 Å². The standard InChI is InChI=1S/C19H19N3O2/c1-12(2)23-17-8-15(9-20)18(14-6-5-7-22-11-14)16(10-21)19(17)24-13(3)4/h5-8,11-13H,1-4H3. The molecule has 0 radical (unpaired) electrons. The highest BCUT2D eigenvalue weighted by Crippen LogP contribution is 2.41. The molecule has 24 heavy (non-hydrogen) atoms. The van der Waals surface area contributed by atoms with Crippen LogP contribution in [0.3, 0.4) is 0 Å². The van der Waals surface area contributed by atoms with Gasteiger partial charge in [0.2, 0.25) is 0 Å². The summed E-state index contributed by atoms with van der Waals surface area (Å²) in [6, 6.07) is 9.52. The number of nitriles is 2. The van der Waals surface area contributed by atoms with Gasteiger partial charge in [-0.1, -0.05) is 6.07 Å². The van der Waals surface area contributed by atoms with E-state index < -0.39 is 0 Å². The van der Waals surface area contributed by atoms with Gasteiger partial charge in [0.1, 0.15) is 11.6 Å². The topological polar surface area (TPSA) is 78.9 Å². The minimum atomic E-state index is -0.138. The van der Waals surface area contributed by atoms with Gasteiger partial charge in [-0.15, -0.1) is 0 Å². The highest BCUT2D eigenvalue weighted by molar-refractivity contribution is 5.81. The second-order valence-electron chi connectivity index (χ2n) is 5.80. The van der Waals surface area contributed by atoms with Crippen LogP contribution in [0.25, 0.3) is 11.1 Å². The predicted molar refractivity (Wildman–Crippen MR) is 90.6 cm³/mol. The average Bonchev–Trinajstić information content (AvgIpc) is 2.55. The molecule has 0 unspecified atom stereocenters. The van der Waals surface area contributed by atoms with Gasteiger partial charge in [-0.2, -0.15) is 10.5 Å². The molecule has 1 aromatic carbocycles. The number of benzene rings is 1. The number of hydrogen-bond donors (Lipinski definition) is 0. The molecular formula is C19H19N3O2. The van der Waals surface area contributed by atoms with Gasteiger partial charge in [0.25, 0.3) is 0 Å². The van der Waals surface area contributed by atoms with Crippen LogP contribution in [0.4, 0.5) is 0 Å². The van der Waals surface area contributed by atoms with Crippen LogP contribution in [0.1, 0.15) is 38.8 Å². The van der Waals surface area contributed by atoms with E-state index >= 15 is 0 Å². The molecule has 0 saturated heterocycles. The number of pyridine rings is 1. The summed E-state index contributed by atoms with van der Waals surface area (Å²) in [4.78, 5) is 4.08. The summed E-state index contributed by atoms with van der Waals surface area (Å²) in [7, 11) is 0. The summed E-state index contributed by atoms with van der Waals surface area (Å²) in [6.07, 6.45) is 3.02. The Morgan fingerprint density at radius 2 is 1.75 bits per heavy atom. The van der Waals surface area contributed by atoms with Crippen molar-refractivity contribution in [3.8, 4) is 34.8 Å². The largest absolute Gasteiger partial charge is 0.487 e. The van der Waals surface area contributed by atoms with E-state index in [9.17, 15) is 10.5 Å². The van der Waals surface area contributed by atoms with Crippen LogP contribution in [-0.2, 0) is 0 Å². The molecule has 2 aromatic rings. The monoisotopic (exact) mass is 321 g/mol. The zero-order valence-corrected chi connectivity index (χ0v) is 14.2. The van der Waals surface area contributed by atoms with E-state index in [1.165, 1.54) is 0 Å². The van der Waals surface area contributed by atoms with E-state index in [1.54, 1.807) is 24.5 Å². The van der Waals surface area contributed by atoms with Gasteiger partial charge in [0, 0.05) is 29.6 Å². The molecule has 0 amide bonds. The Morgan fingerprint density at radius 3 is 2.25 bits per heavy atom. The van der Waals surface area contributed by atoms with E-state index in [-0.39, 0.29) is 17.8 Å². The zero-order valence-electron chi connectivity index (χ0n) is 14.2. The zero-order chi connectivity index (χ0) is 17.7. The summed E-state index contributed by atoms with van der Waals surface area (Å²) >= 11 is 0. The molecule has 1 aromatic heterocycles. The molecule has 0 saturated carbocycles. The summed E-state index contributed by atoms with van der Waals surface area (Å²) < 4.78 is 11.6. The maximum atomic E-state index is 9.74. The molecule has 2 rings (SSSR count). The molecule has 122 valence electrons. The van der Waals surface area contributed by atoms with Gasteiger partial charge in [-0.05, 0) is 33.8 Å². The molecule has 0 fully saturated rings. The third-order valence-electron chi connectivity index (χ3n) is 3.14. The Hall–Kier alpha value is -3.05. The molecule has 5 heteroatoms. The van der Waals surface area contributed by atoms with Crippen LogP contribution in [0, 0.1) is 22.7 Å². The lowest BCUT2D eigenvalue weighted by molar-refractivity contribution is 0.198. The van der Waals surface area contributed by atoms with Gasteiger partial charge >= 0.3 is 0 Å². The summed E-state index contributed by atoms with van der Waals surface area (Å²) in [5, 5.41) is 19.3. The van der Waals surface area contributed by atoms with Gasteiger partial charge in [0.15, 0.2) is 11.5 Å². The Kier molecular flexibility index (Phi) is 5.39. The molecule has 0 aliphatic rings. The lowest BCUT2D eigenvalue weighted by atomic mass is 9.95. The van der Waals surface area contributed by atoms with Crippen LogP contribution in [0.15, 0.2) is 30.6 Å². The first-order chi connectivity index (χ1) is 11.5. The van der Waals surface area contributed by atoms with E-state index in [0.717, 1.165) is 0 Å². The van der Waals surface area contributed by atoms with Crippen LogP contribution in [0.2, 0.25) is 0 Å².